The van der Waals surface area contributed by atoms with Crippen molar-refractivity contribution in [3.8, 4) is 0 Å². The minimum Gasteiger partial charge on any atom is -0.431 e. The average Bonchev–Trinajstić information content (AvgIpc) is 2.97. The highest BCUT2D eigenvalue weighted by Crippen LogP contribution is 2.27. The summed E-state index contributed by atoms with van der Waals surface area (Å²) in [5, 5.41) is 3.56. The van der Waals surface area contributed by atoms with E-state index in [0.29, 0.717) is 16.5 Å². The molecule has 0 radical (unpaired) electrons. The third kappa shape index (κ3) is 3.79. The van der Waals surface area contributed by atoms with Crippen LogP contribution in [0.25, 0.3) is 11.1 Å². The molecule has 0 bridgehead atoms. The number of para-hydroxylation sites is 1. The Morgan fingerprint density at radius 3 is 2.79 bits per heavy atom. The number of nitrogens with zero attached hydrogens (tertiary/aromatic N) is 1. The van der Waals surface area contributed by atoms with Gasteiger partial charge in [-0.05, 0) is 50.1 Å². The highest BCUT2D eigenvalue weighted by Gasteiger charge is 2.10. The predicted octanol–water partition coefficient (Wildman–Crippen LogP) is 4.57. The molecule has 0 aliphatic carbocycles. The maximum Gasteiger partial charge on any atom is 0.257 e. The number of hydrogen-bond donors (Lipinski definition) is 1. The first-order valence-corrected chi connectivity index (χ1v) is 8.90. The first-order valence-electron chi connectivity index (χ1n) is 7.91. The van der Waals surface area contributed by atoms with Gasteiger partial charge in [0.15, 0.2) is 5.58 Å². The Labute approximate surface area is 145 Å². The van der Waals surface area contributed by atoms with Crippen LogP contribution in [0.5, 0.6) is 0 Å². The second kappa shape index (κ2) is 7.09. The number of thioether (sulfide) groups is 1. The van der Waals surface area contributed by atoms with E-state index >= 15 is 0 Å². The summed E-state index contributed by atoms with van der Waals surface area (Å²) in [4.78, 5) is 16.6. The number of fused-ring (bicyclic) bond motifs is 1. The van der Waals surface area contributed by atoms with Crippen LogP contribution in [0.1, 0.15) is 35.3 Å². The van der Waals surface area contributed by atoms with Gasteiger partial charge in [0, 0.05) is 17.4 Å². The zero-order valence-corrected chi connectivity index (χ0v) is 14.8. The Morgan fingerprint density at radius 1 is 1.25 bits per heavy atom. The lowest BCUT2D eigenvalue weighted by atomic mass is 10.1. The number of carbonyl (C=O) groups is 1. The molecule has 1 heterocycles. The van der Waals surface area contributed by atoms with Crippen LogP contribution in [0, 0.1) is 6.92 Å². The molecule has 0 saturated carbocycles. The van der Waals surface area contributed by atoms with Crippen LogP contribution in [-0.2, 0) is 5.75 Å². The molecule has 4 nitrogen and oxygen atoms in total. The van der Waals surface area contributed by atoms with Crippen LogP contribution in [0.15, 0.2) is 52.1 Å². The van der Waals surface area contributed by atoms with Gasteiger partial charge in [-0.15, -0.1) is 0 Å². The highest BCUT2D eigenvalue weighted by molar-refractivity contribution is 7.98. The number of aromatic nitrogens is 1. The third-order valence-corrected chi connectivity index (χ3v) is 4.47. The first-order chi connectivity index (χ1) is 11.5. The molecule has 24 heavy (non-hydrogen) atoms. The van der Waals surface area contributed by atoms with Gasteiger partial charge in [0.1, 0.15) is 5.52 Å². The molecule has 0 aliphatic heterocycles. The minimum atomic E-state index is -0.0469. The van der Waals surface area contributed by atoms with Gasteiger partial charge in [-0.2, -0.15) is 0 Å². The second-order valence-electron chi connectivity index (χ2n) is 6.02. The smallest absolute Gasteiger partial charge is 0.257 e. The molecule has 3 rings (SSSR count). The summed E-state index contributed by atoms with van der Waals surface area (Å²) in [7, 11) is 0. The van der Waals surface area contributed by atoms with Crippen molar-refractivity contribution in [2.24, 2.45) is 0 Å². The van der Waals surface area contributed by atoms with Crippen LogP contribution in [0.3, 0.4) is 0 Å². The lowest BCUT2D eigenvalue weighted by molar-refractivity contribution is 0.0943. The number of carbonyl (C=O) groups excluding carboxylic acids is 1. The first kappa shape index (κ1) is 16.6. The molecular formula is C19H20N2O2S. The van der Waals surface area contributed by atoms with Crippen molar-refractivity contribution >= 4 is 28.8 Å². The zero-order chi connectivity index (χ0) is 17.1. The zero-order valence-electron chi connectivity index (χ0n) is 14.0. The Balaban J connectivity index is 1.72. The summed E-state index contributed by atoms with van der Waals surface area (Å²) >= 11 is 1.53. The maximum atomic E-state index is 12.1. The molecule has 1 amide bonds. The van der Waals surface area contributed by atoms with E-state index in [4.69, 9.17) is 4.42 Å². The van der Waals surface area contributed by atoms with Crippen molar-refractivity contribution in [1.29, 1.82) is 0 Å². The second-order valence-corrected chi connectivity index (χ2v) is 6.95. The van der Waals surface area contributed by atoms with Crippen molar-refractivity contribution in [3.63, 3.8) is 0 Å². The van der Waals surface area contributed by atoms with Crippen LogP contribution >= 0.6 is 11.8 Å². The molecule has 0 atom stereocenters. The largest absolute Gasteiger partial charge is 0.431 e. The van der Waals surface area contributed by atoms with Crippen molar-refractivity contribution in [2.75, 3.05) is 0 Å². The molecular weight excluding hydrogens is 320 g/mol. The van der Waals surface area contributed by atoms with E-state index in [0.717, 1.165) is 22.2 Å². The fourth-order valence-electron chi connectivity index (χ4n) is 2.42. The van der Waals surface area contributed by atoms with E-state index in [1.807, 2.05) is 63.2 Å². The van der Waals surface area contributed by atoms with Crippen molar-refractivity contribution in [2.45, 2.75) is 37.8 Å². The number of nitrogens with one attached hydrogen (secondary N) is 1. The Morgan fingerprint density at radius 2 is 2.04 bits per heavy atom. The van der Waals surface area contributed by atoms with E-state index in [9.17, 15) is 4.79 Å². The molecule has 0 fully saturated rings. The van der Waals surface area contributed by atoms with E-state index in [2.05, 4.69) is 10.3 Å². The van der Waals surface area contributed by atoms with Gasteiger partial charge in [0.05, 0.1) is 0 Å². The van der Waals surface area contributed by atoms with E-state index in [1.165, 1.54) is 11.8 Å². The number of benzene rings is 2. The van der Waals surface area contributed by atoms with Gasteiger partial charge in [-0.25, -0.2) is 4.98 Å². The SMILES string of the molecule is Cc1cccc2oc(SCc3cccc(C(=O)NC(C)C)c3)nc12. The lowest BCUT2D eigenvalue weighted by Gasteiger charge is -2.09. The number of hydrogen-bond acceptors (Lipinski definition) is 4. The summed E-state index contributed by atoms with van der Waals surface area (Å²) < 4.78 is 5.77. The minimum absolute atomic E-state index is 0.0469. The summed E-state index contributed by atoms with van der Waals surface area (Å²) in [5.41, 5.74) is 4.56. The van der Waals surface area contributed by atoms with Crippen LogP contribution in [0.4, 0.5) is 0 Å². The number of oxazole rings is 1. The van der Waals surface area contributed by atoms with Crippen molar-refractivity contribution in [1.82, 2.24) is 10.3 Å². The van der Waals surface area contributed by atoms with Crippen LogP contribution in [-0.4, -0.2) is 16.9 Å². The summed E-state index contributed by atoms with van der Waals surface area (Å²) in [6.45, 7) is 5.93. The monoisotopic (exact) mass is 340 g/mol. The van der Waals surface area contributed by atoms with E-state index < -0.39 is 0 Å². The molecule has 2 aromatic carbocycles. The summed E-state index contributed by atoms with van der Waals surface area (Å²) in [6.07, 6.45) is 0. The standard InChI is InChI=1S/C19H20N2O2S/c1-12(2)20-18(22)15-8-5-7-14(10-15)11-24-19-21-17-13(3)6-4-9-16(17)23-19/h4-10,12H,11H2,1-3H3,(H,20,22). The topological polar surface area (TPSA) is 55.1 Å². The number of aryl methyl sites for hydroxylation is 1. The molecule has 0 aliphatic rings. The number of amides is 1. The predicted molar refractivity (Wildman–Crippen MR) is 97.4 cm³/mol. The van der Waals surface area contributed by atoms with Gasteiger partial charge in [0.2, 0.25) is 0 Å². The molecule has 1 aromatic heterocycles. The molecule has 124 valence electrons. The third-order valence-electron chi connectivity index (χ3n) is 3.57. The Kier molecular flexibility index (Phi) is 4.90. The summed E-state index contributed by atoms with van der Waals surface area (Å²) in [6, 6.07) is 13.7. The fourth-order valence-corrected chi connectivity index (χ4v) is 3.19. The van der Waals surface area contributed by atoms with E-state index in [-0.39, 0.29) is 11.9 Å². The summed E-state index contributed by atoms with van der Waals surface area (Å²) in [5.74, 6) is 0.656. The lowest BCUT2D eigenvalue weighted by Crippen LogP contribution is -2.30. The van der Waals surface area contributed by atoms with Gasteiger partial charge in [0.25, 0.3) is 11.1 Å². The van der Waals surface area contributed by atoms with Gasteiger partial charge < -0.3 is 9.73 Å². The molecule has 0 unspecified atom stereocenters. The van der Waals surface area contributed by atoms with Gasteiger partial charge >= 0.3 is 0 Å². The Bertz CT molecular complexity index is 871. The van der Waals surface area contributed by atoms with Crippen LogP contribution < -0.4 is 5.32 Å². The highest BCUT2D eigenvalue weighted by atomic mass is 32.2. The van der Waals surface area contributed by atoms with Crippen molar-refractivity contribution in [3.05, 3.63) is 59.2 Å². The average molecular weight is 340 g/mol. The quantitative estimate of drug-likeness (QED) is 0.691. The maximum absolute atomic E-state index is 12.1. The fraction of sp³-hybridized carbons (Fsp3) is 0.263. The normalized spacial score (nSPS) is 11.2. The van der Waals surface area contributed by atoms with Gasteiger partial charge in [-0.3, -0.25) is 4.79 Å². The van der Waals surface area contributed by atoms with Crippen LogP contribution in [0.2, 0.25) is 0 Å². The van der Waals surface area contributed by atoms with E-state index in [1.54, 1.807) is 0 Å². The Hall–Kier alpha value is -2.27. The van der Waals surface area contributed by atoms with Gasteiger partial charge in [-0.1, -0.05) is 36.0 Å². The molecule has 3 aromatic rings. The molecule has 1 N–H and O–H groups in total. The molecule has 5 heteroatoms. The molecule has 0 spiro atoms. The van der Waals surface area contributed by atoms with Crippen molar-refractivity contribution < 1.29 is 9.21 Å². The molecule has 0 saturated heterocycles. The number of rotatable bonds is 5.